The second-order valence-electron chi connectivity index (χ2n) is 3.86. The van der Waals surface area contributed by atoms with Crippen LogP contribution in [-0.4, -0.2) is 7.28 Å². The lowest BCUT2D eigenvalue weighted by atomic mass is 9.73. The Labute approximate surface area is 102 Å². The maximum Gasteiger partial charge on any atom is 0.154 e. The summed E-state index contributed by atoms with van der Waals surface area (Å²) in [6.45, 7) is 9.66. The van der Waals surface area contributed by atoms with E-state index in [-0.39, 0.29) is 0 Å². The molecule has 0 spiro atoms. The molecule has 2 rings (SSSR count). The van der Waals surface area contributed by atoms with Crippen molar-refractivity contribution in [1.29, 1.82) is 0 Å². The first-order chi connectivity index (χ1) is 8.30. The van der Waals surface area contributed by atoms with Crippen molar-refractivity contribution in [2.75, 3.05) is 0 Å². The van der Waals surface area contributed by atoms with Crippen LogP contribution in [0.1, 0.15) is 11.3 Å². The highest BCUT2D eigenvalue weighted by Gasteiger charge is 2.09. The SMILES string of the molecule is C=C/C=C\c1oc2ccc(BC)cc2c1C=C. The highest BCUT2D eigenvalue weighted by Crippen LogP contribution is 2.27. The van der Waals surface area contributed by atoms with E-state index in [4.69, 9.17) is 4.42 Å². The zero-order chi connectivity index (χ0) is 12.3. The second kappa shape index (κ2) is 4.92. The maximum atomic E-state index is 5.79. The van der Waals surface area contributed by atoms with E-state index in [2.05, 4.69) is 32.1 Å². The third-order valence-corrected chi connectivity index (χ3v) is 2.82. The molecule has 0 saturated carbocycles. The molecule has 0 saturated heterocycles. The molecule has 2 aromatic rings. The number of hydrogen-bond donors (Lipinski definition) is 0. The standard InChI is InChI=1S/C15H15BO/c1-4-6-7-14-12(5-2)13-10-11(16-3)8-9-15(13)17-14/h4-10,16H,1-2H2,3H3/b7-6-. The third-order valence-electron chi connectivity index (χ3n) is 2.82. The molecular formula is C15H15BO. The van der Waals surface area contributed by atoms with Crippen LogP contribution in [-0.2, 0) is 0 Å². The van der Waals surface area contributed by atoms with E-state index in [9.17, 15) is 0 Å². The summed E-state index contributed by atoms with van der Waals surface area (Å²) in [6, 6.07) is 6.28. The lowest BCUT2D eigenvalue weighted by Crippen LogP contribution is -2.08. The van der Waals surface area contributed by atoms with Gasteiger partial charge in [0.2, 0.25) is 0 Å². The molecule has 0 fully saturated rings. The van der Waals surface area contributed by atoms with E-state index in [1.807, 2.05) is 24.3 Å². The van der Waals surface area contributed by atoms with Gasteiger partial charge in [-0.05, 0) is 12.1 Å². The van der Waals surface area contributed by atoms with Gasteiger partial charge >= 0.3 is 0 Å². The number of rotatable bonds is 4. The van der Waals surface area contributed by atoms with Crippen molar-refractivity contribution in [3.05, 3.63) is 54.8 Å². The second-order valence-corrected chi connectivity index (χ2v) is 3.86. The van der Waals surface area contributed by atoms with Crippen molar-refractivity contribution in [2.45, 2.75) is 6.82 Å². The lowest BCUT2D eigenvalue weighted by molar-refractivity contribution is 0.603. The number of furan rings is 1. The van der Waals surface area contributed by atoms with Crippen LogP contribution in [0.5, 0.6) is 0 Å². The van der Waals surface area contributed by atoms with Crippen LogP contribution in [0, 0.1) is 0 Å². The van der Waals surface area contributed by atoms with Crippen molar-refractivity contribution in [3.63, 3.8) is 0 Å². The minimum absolute atomic E-state index is 0.836. The summed E-state index contributed by atoms with van der Waals surface area (Å²) >= 11 is 0. The summed E-state index contributed by atoms with van der Waals surface area (Å²) in [6.07, 6.45) is 7.35. The molecule has 1 heterocycles. The van der Waals surface area contributed by atoms with Crippen LogP contribution in [0.2, 0.25) is 6.82 Å². The van der Waals surface area contributed by atoms with Gasteiger partial charge in [0.1, 0.15) is 11.3 Å². The fourth-order valence-corrected chi connectivity index (χ4v) is 1.89. The largest absolute Gasteiger partial charge is 0.456 e. The van der Waals surface area contributed by atoms with E-state index >= 15 is 0 Å². The van der Waals surface area contributed by atoms with Gasteiger partial charge in [0.15, 0.2) is 7.28 Å². The van der Waals surface area contributed by atoms with Gasteiger partial charge in [-0.1, -0.05) is 55.8 Å². The molecule has 0 bridgehead atoms. The Morgan fingerprint density at radius 1 is 1.29 bits per heavy atom. The number of hydrogen-bond acceptors (Lipinski definition) is 1. The van der Waals surface area contributed by atoms with Gasteiger partial charge in [0.05, 0.1) is 0 Å². The molecule has 1 nitrogen and oxygen atoms in total. The Morgan fingerprint density at radius 3 is 2.76 bits per heavy atom. The van der Waals surface area contributed by atoms with Crippen LogP contribution in [0.4, 0.5) is 0 Å². The van der Waals surface area contributed by atoms with Crippen LogP contribution in [0.25, 0.3) is 23.1 Å². The molecular weight excluding hydrogens is 207 g/mol. The summed E-state index contributed by atoms with van der Waals surface area (Å²) in [4.78, 5) is 0. The van der Waals surface area contributed by atoms with E-state index < -0.39 is 0 Å². The topological polar surface area (TPSA) is 13.1 Å². The van der Waals surface area contributed by atoms with Crippen LogP contribution in [0.3, 0.4) is 0 Å². The highest BCUT2D eigenvalue weighted by atomic mass is 16.3. The van der Waals surface area contributed by atoms with Gasteiger partial charge in [-0.15, -0.1) is 0 Å². The fourth-order valence-electron chi connectivity index (χ4n) is 1.89. The molecule has 0 unspecified atom stereocenters. The summed E-state index contributed by atoms with van der Waals surface area (Å²) in [5.41, 5.74) is 3.26. The van der Waals surface area contributed by atoms with Gasteiger partial charge in [-0.3, -0.25) is 0 Å². The summed E-state index contributed by atoms with van der Waals surface area (Å²) in [7, 11) is 1.02. The molecule has 0 aliphatic heterocycles. The number of benzene rings is 1. The van der Waals surface area contributed by atoms with Crippen molar-refractivity contribution in [1.82, 2.24) is 0 Å². The predicted octanol–water partition coefficient (Wildman–Crippen LogP) is 3.38. The first-order valence-corrected chi connectivity index (χ1v) is 5.77. The van der Waals surface area contributed by atoms with Gasteiger partial charge in [0, 0.05) is 10.9 Å². The minimum Gasteiger partial charge on any atom is -0.456 e. The molecule has 0 atom stereocenters. The molecule has 17 heavy (non-hydrogen) atoms. The fraction of sp³-hybridized carbons (Fsp3) is 0.0667. The van der Waals surface area contributed by atoms with E-state index in [0.29, 0.717) is 0 Å². The molecule has 1 aromatic carbocycles. The molecule has 0 aliphatic rings. The molecule has 2 heteroatoms. The minimum atomic E-state index is 0.836. The van der Waals surface area contributed by atoms with Gasteiger partial charge in [0.25, 0.3) is 0 Å². The molecule has 84 valence electrons. The molecule has 1 aromatic heterocycles. The van der Waals surface area contributed by atoms with Gasteiger partial charge in [-0.25, -0.2) is 0 Å². The summed E-state index contributed by atoms with van der Waals surface area (Å²) in [5, 5.41) is 1.13. The van der Waals surface area contributed by atoms with Crippen LogP contribution >= 0.6 is 0 Å². The monoisotopic (exact) mass is 222 g/mol. The summed E-state index contributed by atoms with van der Waals surface area (Å²) in [5.74, 6) is 0.836. The molecule has 0 amide bonds. The van der Waals surface area contributed by atoms with Crippen molar-refractivity contribution in [3.8, 4) is 0 Å². The van der Waals surface area contributed by atoms with Gasteiger partial charge < -0.3 is 4.42 Å². The predicted molar refractivity (Wildman–Crippen MR) is 78.2 cm³/mol. The van der Waals surface area contributed by atoms with Crippen LogP contribution in [0.15, 0.2) is 47.9 Å². The number of fused-ring (bicyclic) bond motifs is 1. The molecule has 0 N–H and O–H groups in total. The zero-order valence-electron chi connectivity index (χ0n) is 10.1. The van der Waals surface area contributed by atoms with Crippen molar-refractivity contribution < 1.29 is 4.42 Å². The molecule has 0 radical (unpaired) electrons. The average Bonchev–Trinajstić information content (AvgIpc) is 2.72. The Balaban J connectivity index is 2.66. The average molecular weight is 222 g/mol. The Morgan fingerprint density at radius 2 is 2.12 bits per heavy atom. The Bertz CT molecular complexity index is 590. The highest BCUT2D eigenvalue weighted by molar-refractivity contribution is 6.52. The first-order valence-electron chi connectivity index (χ1n) is 5.77. The normalized spacial score (nSPS) is 10.9. The number of allylic oxidation sites excluding steroid dienone is 2. The molecule has 0 aliphatic carbocycles. The van der Waals surface area contributed by atoms with Gasteiger partial charge in [-0.2, -0.15) is 0 Å². The Hall–Kier alpha value is -1.96. The summed E-state index contributed by atoms with van der Waals surface area (Å²) < 4.78 is 5.79. The third kappa shape index (κ3) is 2.11. The quantitative estimate of drug-likeness (QED) is 0.570. The zero-order valence-corrected chi connectivity index (χ0v) is 10.1. The Kier molecular flexibility index (Phi) is 3.33. The van der Waals surface area contributed by atoms with E-state index in [0.717, 1.165) is 29.6 Å². The van der Waals surface area contributed by atoms with Crippen molar-refractivity contribution >= 4 is 35.9 Å². The van der Waals surface area contributed by atoms with Crippen molar-refractivity contribution in [2.24, 2.45) is 0 Å². The smallest absolute Gasteiger partial charge is 0.154 e. The van der Waals surface area contributed by atoms with Crippen LogP contribution < -0.4 is 5.46 Å². The first kappa shape index (κ1) is 11.5. The van der Waals surface area contributed by atoms with E-state index in [1.54, 1.807) is 6.08 Å². The lowest BCUT2D eigenvalue weighted by Gasteiger charge is -1.95. The van der Waals surface area contributed by atoms with E-state index in [1.165, 1.54) is 5.46 Å². The maximum absolute atomic E-state index is 5.79.